The third-order valence-electron chi connectivity index (χ3n) is 4.82. The number of hydrogen-bond donors (Lipinski definition) is 2. The van der Waals surface area contributed by atoms with Crippen LogP contribution in [0.2, 0.25) is 5.02 Å². The zero-order chi connectivity index (χ0) is 27.7. The summed E-state index contributed by atoms with van der Waals surface area (Å²) in [6.07, 6.45) is 1.33. The number of benzene rings is 3. The summed E-state index contributed by atoms with van der Waals surface area (Å²) in [6.45, 7) is 1.70. The maximum Gasteiger partial charge on any atom is 0.271 e. The number of nitro benzene ring substituents is 1. The fourth-order valence-electron chi connectivity index (χ4n) is 3.17. The van der Waals surface area contributed by atoms with E-state index in [9.17, 15) is 25.0 Å². The van der Waals surface area contributed by atoms with Gasteiger partial charge < -0.3 is 20.1 Å². The lowest BCUT2D eigenvalue weighted by atomic mass is 10.1. The van der Waals surface area contributed by atoms with Gasteiger partial charge in [0.2, 0.25) is 0 Å². The third kappa shape index (κ3) is 7.55. The Morgan fingerprint density at radius 2 is 1.89 bits per heavy atom. The number of nitro groups is 1. The van der Waals surface area contributed by atoms with Crippen molar-refractivity contribution in [1.82, 2.24) is 0 Å². The molecular weight excluding hydrogens is 580 g/mol. The van der Waals surface area contributed by atoms with Crippen molar-refractivity contribution in [3.8, 4) is 17.6 Å². The number of anilines is 2. The fraction of sp³-hybridized carbons (Fsp3) is 0.115. The molecule has 0 fully saturated rings. The standard InChI is InChI=1S/C26H20BrClN4O6/c1-2-37-23-12-16(10-17(14-29)26(34)30-18-6-5-7-19(13-18)32(35)36)11-20(27)25(23)38-15-24(33)31-22-9-4-3-8-21(22)28/h3-13H,2,15H2,1H3,(H,30,34)(H,31,33)/b17-10-. The van der Waals surface area contributed by atoms with Crippen LogP contribution >= 0.6 is 27.5 Å². The number of amides is 2. The molecule has 0 heterocycles. The van der Waals surface area contributed by atoms with E-state index in [-0.39, 0.29) is 41.7 Å². The number of non-ortho nitro benzene ring substituents is 1. The van der Waals surface area contributed by atoms with Gasteiger partial charge in [-0.15, -0.1) is 0 Å². The van der Waals surface area contributed by atoms with Crippen LogP contribution in [-0.4, -0.2) is 30.0 Å². The highest BCUT2D eigenvalue weighted by atomic mass is 79.9. The van der Waals surface area contributed by atoms with Crippen molar-refractivity contribution in [2.45, 2.75) is 6.92 Å². The second-order valence-electron chi connectivity index (χ2n) is 7.51. The van der Waals surface area contributed by atoms with E-state index in [1.807, 2.05) is 6.07 Å². The molecule has 194 valence electrons. The van der Waals surface area contributed by atoms with Gasteiger partial charge in [0.05, 0.1) is 26.7 Å². The number of nitrogens with one attached hydrogen (secondary N) is 2. The number of rotatable bonds is 10. The van der Waals surface area contributed by atoms with E-state index in [0.29, 0.717) is 20.7 Å². The maximum absolute atomic E-state index is 12.6. The van der Waals surface area contributed by atoms with E-state index in [1.165, 1.54) is 30.3 Å². The van der Waals surface area contributed by atoms with Gasteiger partial charge in [-0.1, -0.05) is 29.8 Å². The normalized spacial score (nSPS) is 10.7. The summed E-state index contributed by atoms with van der Waals surface area (Å²) >= 11 is 9.45. The Hall–Kier alpha value is -4.40. The first-order valence-electron chi connectivity index (χ1n) is 11.0. The molecule has 0 unspecified atom stereocenters. The Morgan fingerprint density at radius 3 is 2.58 bits per heavy atom. The summed E-state index contributed by atoms with van der Waals surface area (Å²) in [6, 6.07) is 17.1. The zero-order valence-corrected chi connectivity index (χ0v) is 22.2. The highest BCUT2D eigenvalue weighted by molar-refractivity contribution is 9.10. The minimum atomic E-state index is -0.751. The molecule has 3 rings (SSSR count). The van der Waals surface area contributed by atoms with E-state index < -0.39 is 16.7 Å². The van der Waals surface area contributed by atoms with Gasteiger partial charge in [-0.3, -0.25) is 19.7 Å². The Balaban J connectivity index is 1.78. The third-order valence-corrected chi connectivity index (χ3v) is 5.74. The number of carbonyl (C=O) groups is 2. The molecule has 0 aliphatic rings. The summed E-state index contributed by atoms with van der Waals surface area (Å²) in [5.74, 6) is -0.674. The predicted octanol–water partition coefficient (Wildman–Crippen LogP) is 5.97. The van der Waals surface area contributed by atoms with Crippen LogP contribution in [0.5, 0.6) is 11.5 Å². The second kappa shape index (κ2) is 13.2. The second-order valence-corrected chi connectivity index (χ2v) is 8.77. The highest BCUT2D eigenvalue weighted by Gasteiger charge is 2.17. The average molecular weight is 600 g/mol. The van der Waals surface area contributed by atoms with Crippen molar-refractivity contribution in [2.24, 2.45) is 0 Å². The molecule has 10 nitrogen and oxygen atoms in total. The molecule has 2 N–H and O–H groups in total. The lowest BCUT2D eigenvalue weighted by Crippen LogP contribution is -2.20. The summed E-state index contributed by atoms with van der Waals surface area (Å²) in [7, 11) is 0. The Labute approximate surface area is 231 Å². The monoisotopic (exact) mass is 598 g/mol. The van der Waals surface area contributed by atoms with Crippen LogP contribution in [-0.2, 0) is 9.59 Å². The lowest BCUT2D eigenvalue weighted by molar-refractivity contribution is -0.384. The molecule has 2 amide bonds. The lowest BCUT2D eigenvalue weighted by Gasteiger charge is -2.15. The number of ether oxygens (including phenoxy) is 2. The Bertz CT molecular complexity index is 1450. The molecule has 0 atom stereocenters. The van der Waals surface area contributed by atoms with Crippen LogP contribution in [0, 0.1) is 21.4 Å². The van der Waals surface area contributed by atoms with E-state index in [0.717, 1.165) is 0 Å². The SMILES string of the molecule is CCOc1cc(/C=C(/C#N)C(=O)Nc2cccc([N+](=O)[O-])c2)cc(Br)c1OCC(=O)Nc1ccccc1Cl. The minimum absolute atomic E-state index is 0.167. The maximum atomic E-state index is 12.6. The number of nitrogens with zero attached hydrogens (tertiary/aromatic N) is 2. The van der Waals surface area contributed by atoms with E-state index in [2.05, 4.69) is 26.6 Å². The van der Waals surface area contributed by atoms with Crippen molar-refractivity contribution >= 4 is 62.5 Å². The number of para-hydroxylation sites is 1. The molecule has 38 heavy (non-hydrogen) atoms. The Morgan fingerprint density at radius 1 is 1.13 bits per heavy atom. The molecular formula is C26H20BrClN4O6. The first-order chi connectivity index (χ1) is 18.2. The molecule has 0 saturated carbocycles. The first kappa shape index (κ1) is 28.2. The van der Waals surface area contributed by atoms with Crippen molar-refractivity contribution in [1.29, 1.82) is 5.26 Å². The van der Waals surface area contributed by atoms with Gasteiger partial charge in [-0.25, -0.2) is 0 Å². The van der Waals surface area contributed by atoms with Gasteiger partial charge >= 0.3 is 0 Å². The summed E-state index contributed by atoms with van der Waals surface area (Å²) < 4.78 is 11.8. The van der Waals surface area contributed by atoms with Crippen molar-refractivity contribution in [3.05, 3.63) is 91.4 Å². The molecule has 0 aliphatic heterocycles. The molecule has 0 spiro atoms. The quantitative estimate of drug-likeness (QED) is 0.126. The highest BCUT2D eigenvalue weighted by Crippen LogP contribution is 2.37. The summed E-state index contributed by atoms with van der Waals surface area (Å²) in [5, 5.41) is 26.0. The Kier molecular flexibility index (Phi) is 9.81. The first-order valence-corrected chi connectivity index (χ1v) is 12.2. The van der Waals surface area contributed by atoms with E-state index >= 15 is 0 Å². The average Bonchev–Trinajstić information content (AvgIpc) is 2.88. The molecule has 0 bridgehead atoms. The number of hydrogen-bond acceptors (Lipinski definition) is 7. The largest absolute Gasteiger partial charge is 0.490 e. The molecule has 0 aromatic heterocycles. The van der Waals surface area contributed by atoms with Crippen LogP contribution in [0.25, 0.3) is 6.08 Å². The number of nitriles is 1. The molecule has 3 aromatic carbocycles. The van der Waals surface area contributed by atoms with Crippen LogP contribution in [0.15, 0.2) is 70.7 Å². The van der Waals surface area contributed by atoms with Crippen LogP contribution in [0.1, 0.15) is 12.5 Å². The van der Waals surface area contributed by atoms with Crippen molar-refractivity contribution in [2.75, 3.05) is 23.8 Å². The fourth-order valence-corrected chi connectivity index (χ4v) is 3.93. The van der Waals surface area contributed by atoms with Crippen molar-refractivity contribution in [3.63, 3.8) is 0 Å². The van der Waals surface area contributed by atoms with E-state index in [1.54, 1.807) is 43.3 Å². The molecule has 0 radical (unpaired) electrons. The zero-order valence-electron chi connectivity index (χ0n) is 19.9. The molecule has 0 saturated heterocycles. The van der Waals surface area contributed by atoms with Gasteiger partial charge in [-0.2, -0.15) is 5.26 Å². The van der Waals surface area contributed by atoms with E-state index in [4.69, 9.17) is 21.1 Å². The van der Waals surface area contributed by atoms with Gasteiger partial charge in [0, 0.05) is 17.8 Å². The van der Waals surface area contributed by atoms with Crippen LogP contribution in [0.4, 0.5) is 17.1 Å². The topological polar surface area (TPSA) is 144 Å². The van der Waals surface area contributed by atoms with Gasteiger partial charge in [0.25, 0.3) is 17.5 Å². The predicted molar refractivity (Wildman–Crippen MR) is 146 cm³/mol. The molecule has 3 aromatic rings. The minimum Gasteiger partial charge on any atom is -0.490 e. The van der Waals surface area contributed by atoms with Crippen molar-refractivity contribution < 1.29 is 24.0 Å². The smallest absolute Gasteiger partial charge is 0.271 e. The number of halogens is 2. The van der Waals surface area contributed by atoms with Crippen LogP contribution in [0.3, 0.4) is 0 Å². The van der Waals surface area contributed by atoms with Gasteiger partial charge in [0.1, 0.15) is 11.6 Å². The molecule has 0 aliphatic carbocycles. The van der Waals surface area contributed by atoms with Gasteiger partial charge in [0.15, 0.2) is 18.1 Å². The summed E-state index contributed by atoms with van der Waals surface area (Å²) in [5.41, 5.74) is 0.587. The van der Waals surface area contributed by atoms with Crippen LogP contribution < -0.4 is 20.1 Å². The van der Waals surface area contributed by atoms with Gasteiger partial charge in [-0.05, 0) is 64.8 Å². The molecule has 12 heteroatoms. The summed E-state index contributed by atoms with van der Waals surface area (Å²) in [4.78, 5) is 35.4. The number of carbonyl (C=O) groups excluding carboxylic acids is 2.